The Hall–Kier alpha value is -0.930. The molecule has 0 spiro atoms. The summed E-state index contributed by atoms with van der Waals surface area (Å²) in [5.41, 5.74) is 1.73. The van der Waals surface area contributed by atoms with Crippen molar-refractivity contribution in [2.45, 2.75) is 52.4 Å². The average Bonchev–Trinajstić information content (AvgIpc) is 2.59. The predicted octanol–water partition coefficient (Wildman–Crippen LogP) is 5.72. The molecule has 2 aliphatic rings. The summed E-state index contributed by atoms with van der Waals surface area (Å²) in [6, 6.07) is 5.45. The first-order chi connectivity index (χ1) is 11.6. The highest BCUT2D eigenvalue weighted by Gasteiger charge is 2.39. The summed E-state index contributed by atoms with van der Waals surface area (Å²) in [6.45, 7) is 1.44. The van der Waals surface area contributed by atoms with Crippen LogP contribution in [0.25, 0.3) is 0 Å². The molecule has 0 heterocycles. The molecule has 2 aliphatic carbocycles. The van der Waals surface area contributed by atoms with Gasteiger partial charge in [0.05, 0.1) is 10.6 Å². The number of nitrogens with one attached hydrogen (secondary N) is 2. The maximum absolute atomic E-state index is 12.6. The van der Waals surface area contributed by atoms with Crippen LogP contribution in [-0.4, -0.2) is 24.9 Å². The summed E-state index contributed by atoms with van der Waals surface area (Å²) >= 11 is 11.9. The molecule has 0 radical (unpaired) electrons. The SMILES string of the molecule is C.O=C(NCC12CCCC(CCC1)C2)c1cc(NCCCl)ccc1Cl. The molecule has 0 aliphatic heterocycles. The van der Waals surface area contributed by atoms with Crippen LogP contribution in [0.15, 0.2) is 18.2 Å². The average molecular weight is 385 g/mol. The first kappa shape index (κ1) is 20.4. The quantitative estimate of drug-likeness (QED) is 0.615. The van der Waals surface area contributed by atoms with Gasteiger partial charge in [-0.25, -0.2) is 0 Å². The van der Waals surface area contributed by atoms with Gasteiger partial charge >= 0.3 is 0 Å². The number of hydrogen-bond acceptors (Lipinski definition) is 2. The Balaban J connectivity index is 0.00000225. The molecule has 1 amide bonds. The van der Waals surface area contributed by atoms with E-state index in [9.17, 15) is 4.79 Å². The van der Waals surface area contributed by atoms with Crippen molar-refractivity contribution in [3.8, 4) is 0 Å². The van der Waals surface area contributed by atoms with Gasteiger partial charge < -0.3 is 10.6 Å². The lowest BCUT2D eigenvalue weighted by atomic mass is 9.62. The maximum Gasteiger partial charge on any atom is 0.252 e. The fourth-order valence-corrected chi connectivity index (χ4v) is 4.73. The lowest BCUT2D eigenvalue weighted by Crippen LogP contribution is -2.43. The molecule has 0 saturated heterocycles. The Kier molecular flexibility index (Phi) is 7.45. The molecule has 0 aromatic heterocycles. The Morgan fingerprint density at radius 3 is 2.64 bits per heavy atom. The van der Waals surface area contributed by atoms with Crippen molar-refractivity contribution >= 4 is 34.8 Å². The lowest BCUT2D eigenvalue weighted by Gasteiger charge is -2.45. The van der Waals surface area contributed by atoms with Crippen LogP contribution in [-0.2, 0) is 0 Å². The number of carbonyl (C=O) groups is 1. The van der Waals surface area contributed by atoms with Gasteiger partial charge in [0, 0.05) is 24.7 Å². The van der Waals surface area contributed by atoms with E-state index in [-0.39, 0.29) is 13.3 Å². The molecule has 2 saturated carbocycles. The highest BCUT2D eigenvalue weighted by Crippen LogP contribution is 2.48. The molecule has 25 heavy (non-hydrogen) atoms. The monoisotopic (exact) mass is 384 g/mol. The molecule has 2 N–H and O–H groups in total. The summed E-state index contributed by atoms with van der Waals surface area (Å²) in [7, 11) is 0. The van der Waals surface area contributed by atoms with Gasteiger partial charge in [0.25, 0.3) is 5.91 Å². The lowest BCUT2D eigenvalue weighted by molar-refractivity contribution is 0.0682. The van der Waals surface area contributed by atoms with E-state index < -0.39 is 0 Å². The molecular formula is C20H30Cl2N2O. The number of carbonyl (C=O) groups excluding carboxylic acids is 1. The van der Waals surface area contributed by atoms with Gasteiger partial charge in [-0.15, -0.1) is 11.6 Å². The summed E-state index contributed by atoms with van der Waals surface area (Å²) < 4.78 is 0. The zero-order valence-corrected chi connectivity index (χ0v) is 15.6. The number of rotatable bonds is 6. The Bertz CT molecular complexity index is 581. The number of amides is 1. The van der Waals surface area contributed by atoms with E-state index in [1.807, 2.05) is 12.1 Å². The maximum atomic E-state index is 12.6. The van der Waals surface area contributed by atoms with Crippen molar-refractivity contribution in [2.75, 3.05) is 24.3 Å². The zero-order chi connectivity index (χ0) is 17.0. The molecule has 3 nitrogen and oxygen atoms in total. The van der Waals surface area contributed by atoms with Crippen molar-refractivity contribution in [1.29, 1.82) is 0 Å². The van der Waals surface area contributed by atoms with E-state index in [0.29, 0.717) is 28.4 Å². The van der Waals surface area contributed by atoms with Crippen molar-refractivity contribution in [3.63, 3.8) is 0 Å². The molecule has 140 valence electrons. The minimum atomic E-state index is -0.0726. The van der Waals surface area contributed by atoms with Crippen LogP contribution in [0.1, 0.15) is 62.7 Å². The van der Waals surface area contributed by atoms with Crippen LogP contribution >= 0.6 is 23.2 Å². The topological polar surface area (TPSA) is 41.1 Å². The number of alkyl halides is 1. The van der Waals surface area contributed by atoms with Crippen LogP contribution in [0, 0.1) is 11.3 Å². The van der Waals surface area contributed by atoms with Crippen LogP contribution in [0.3, 0.4) is 0 Å². The van der Waals surface area contributed by atoms with Crippen LogP contribution in [0.5, 0.6) is 0 Å². The molecule has 2 bridgehead atoms. The first-order valence-electron chi connectivity index (χ1n) is 8.99. The molecule has 1 aromatic rings. The van der Waals surface area contributed by atoms with Gasteiger partial charge in [-0.3, -0.25) is 4.79 Å². The van der Waals surface area contributed by atoms with Gasteiger partial charge in [-0.05, 0) is 48.8 Å². The second-order valence-corrected chi connectivity index (χ2v) is 8.13. The molecule has 0 unspecified atom stereocenters. The van der Waals surface area contributed by atoms with Gasteiger partial charge in [0.1, 0.15) is 0 Å². The predicted molar refractivity (Wildman–Crippen MR) is 108 cm³/mol. The second-order valence-electron chi connectivity index (χ2n) is 7.35. The van der Waals surface area contributed by atoms with Crippen LogP contribution in [0.4, 0.5) is 5.69 Å². The highest BCUT2D eigenvalue weighted by molar-refractivity contribution is 6.34. The largest absolute Gasteiger partial charge is 0.384 e. The number of hydrogen-bond donors (Lipinski definition) is 2. The Morgan fingerprint density at radius 1 is 1.24 bits per heavy atom. The Labute approximate surface area is 161 Å². The fraction of sp³-hybridized carbons (Fsp3) is 0.650. The molecule has 3 rings (SSSR count). The van der Waals surface area contributed by atoms with E-state index in [2.05, 4.69) is 10.6 Å². The van der Waals surface area contributed by atoms with E-state index in [1.165, 1.54) is 44.9 Å². The molecule has 1 aromatic carbocycles. The van der Waals surface area contributed by atoms with Crippen LogP contribution in [0.2, 0.25) is 5.02 Å². The fourth-order valence-electron chi connectivity index (χ4n) is 4.43. The van der Waals surface area contributed by atoms with Gasteiger partial charge in [-0.2, -0.15) is 0 Å². The van der Waals surface area contributed by atoms with Crippen LogP contribution < -0.4 is 10.6 Å². The van der Waals surface area contributed by atoms with Gasteiger partial charge in [0.2, 0.25) is 0 Å². The molecule has 5 heteroatoms. The number of benzene rings is 1. The third-order valence-electron chi connectivity index (χ3n) is 5.62. The summed E-state index contributed by atoms with van der Waals surface area (Å²) in [4.78, 5) is 12.6. The highest BCUT2D eigenvalue weighted by atomic mass is 35.5. The van der Waals surface area contributed by atoms with E-state index in [1.54, 1.807) is 6.07 Å². The number of anilines is 1. The minimum absolute atomic E-state index is 0. The second kappa shape index (κ2) is 9.14. The van der Waals surface area contributed by atoms with E-state index in [0.717, 1.165) is 18.2 Å². The molecule has 0 atom stereocenters. The number of fused-ring (bicyclic) bond motifs is 2. The third kappa shape index (κ3) is 5.04. The van der Waals surface area contributed by atoms with Crippen molar-refractivity contribution in [3.05, 3.63) is 28.8 Å². The number of halogens is 2. The summed E-state index contributed by atoms with van der Waals surface area (Å²) in [6.07, 6.45) is 9.12. The first-order valence-corrected chi connectivity index (χ1v) is 9.91. The smallest absolute Gasteiger partial charge is 0.252 e. The normalized spacial score (nSPS) is 25.0. The third-order valence-corrected chi connectivity index (χ3v) is 6.14. The standard InChI is InChI=1S/C19H26Cl2N2O.CH4/c20-9-10-22-15-5-6-17(21)16(11-15)18(24)23-13-19-7-1-3-14(12-19)4-2-8-19;/h5-6,11,14,22H,1-4,7-10,12-13H2,(H,23,24);1H4. The minimum Gasteiger partial charge on any atom is -0.384 e. The summed E-state index contributed by atoms with van der Waals surface area (Å²) in [5.74, 6) is 1.32. The van der Waals surface area contributed by atoms with Crippen molar-refractivity contribution < 1.29 is 4.79 Å². The van der Waals surface area contributed by atoms with Crippen molar-refractivity contribution in [2.24, 2.45) is 11.3 Å². The van der Waals surface area contributed by atoms with Crippen molar-refractivity contribution in [1.82, 2.24) is 5.32 Å². The zero-order valence-electron chi connectivity index (χ0n) is 14.0. The molecular weight excluding hydrogens is 355 g/mol. The molecule has 2 fully saturated rings. The van der Waals surface area contributed by atoms with Gasteiger partial charge in [-0.1, -0.05) is 44.7 Å². The van der Waals surface area contributed by atoms with Gasteiger partial charge in [0.15, 0.2) is 0 Å². The Morgan fingerprint density at radius 2 is 1.96 bits per heavy atom. The van der Waals surface area contributed by atoms with E-state index in [4.69, 9.17) is 23.2 Å². The summed E-state index contributed by atoms with van der Waals surface area (Å²) in [5, 5.41) is 6.84. The van der Waals surface area contributed by atoms with E-state index >= 15 is 0 Å².